The lowest BCUT2D eigenvalue weighted by Gasteiger charge is -2.06. The SMILES string of the molecule is O=C(CCc1ccccc1)n1nc(-c2cccnc2)nc1NCc1ccco1. The van der Waals surface area contributed by atoms with Crippen molar-refractivity contribution in [2.75, 3.05) is 5.32 Å². The van der Waals surface area contributed by atoms with E-state index in [1.54, 1.807) is 18.7 Å². The van der Waals surface area contributed by atoms with Crippen LogP contribution in [0.3, 0.4) is 0 Å². The molecular formula is C21H19N5O2. The first-order valence-corrected chi connectivity index (χ1v) is 9.00. The van der Waals surface area contributed by atoms with Crippen LogP contribution in [0.25, 0.3) is 11.4 Å². The van der Waals surface area contributed by atoms with Crippen LogP contribution in [0.15, 0.2) is 77.7 Å². The van der Waals surface area contributed by atoms with Gasteiger partial charge in [-0.15, -0.1) is 5.10 Å². The quantitative estimate of drug-likeness (QED) is 0.530. The minimum absolute atomic E-state index is 0.131. The maximum absolute atomic E-state index is 12.8. The third-order valence-corrected chi connectivity index (χ3v) is 4.23. The average Bonchev–Trinajstić information content (AvgIpc) is 3.42. The number of hydrogen-bond donors (Lipinski definition) is 1. The lowest BCUT2D eigenvalue weighted by Crippen LogP contribution is -2.17. The Bertz CT molecular complexity index is 1030. The topological polar surface area (TPSA) is 85.8 Å². The van der Waals surface area contributed by atoms with E-state index in [-0.39, 0.29) is 5.91 Å². The van der Waals surface area contributed by atoms with Gasteiger partial charge in [0.2, 0.25) is 11.9 Å². The highest BCUT2D eigenvalue weighted by molar-refractivity contribution is 5.81. The Morgan fingerprint density at radius 1 is 1.07 bits per heavy atom. The van der Waals surface area contributed by atoms with Crippen molar-refractivity contribution in [3.8, 4) is 11.4 Å². The van der Waals surface area contributed by atoms with E-state index in [0.29, 0.717) is 31.2 Å². The third-order valence-electron chi connectivity index (χ3n) is 4.23. The van der Waals surface area contributed by atoms with Crippen molar-refractivity contribution >= 4 is 11.9 Å². The summed E-state index contributed by atoms with van der Waals surface area (Å²) in [5.74, 6) is 1.44. The predicted molar refractivity (Wildman–Crippen MR) is 105 cm³/mol. The molecule has 0 aliphatic heterocycles. The Morgan fingerprint density at radius 3 is 2.71 bits per heavy atom. The van der Waals surface area contributed by atoms with Crippen molar-refractivity contribution < 1.29 is 9.21 Å². The van der Waals surface area contributed by atoms with Crippen molar-refractivity contribution in [3.05, 3.63) is 84.6 Å². The average molecular weight is 373 g/mol. The van der Waals surface area contributed by atoms with Crippen molar-refractivity contribution in [1.82, 2.24) is 19.7 Å². The molecule has 0 aliphatic rings. The number of carbonyl (C=O) groups excluding carboxylic acids is 1. The lowest BCUT2D eigenvalue weighted by atomic mass is 10.1. The highest BCUT2D eigenvalue weighted by Crippen LogP contribution is 2.18. The number of benzene rings is 1. The fourth-order valence-electron chi connectivity index (χ4n) is 2.80. The summed E-state index contributed by atoms with van der Waals surface area (Å²) in [7, 11) is 0. The Hall–Kier alpha value is -3.74. The van der Waals surface area contributed by atoms with Crippen LogP contribution >= 0.6 is 0 Å². The molecule has 3 heterocycles. The number of aryl methyl sites for hydroxylation is 1. The Balaban J connectivity index is 1.56. The molecule has 0 radical (unpaired) electrons. The summed E-state index contributed by atoms with van der Waals surface area (Å²) in [4.78, 5) is 21.4. The van der Waals surface area contributed by atoms with Crippen molar-refractivity contribution in [3.63, 3.8) is 0 Å². The normalized spacial score (nSPS) is 10.7. The molecule has 0 amide bonds. The first-order valence-electron chi connectivity index (χ1n) is 9.00. The summed E-state index contributed by atoms with van der Waals surface area (Å²) in [6, 6.07) is 17.2. The van der Waals surface area contributed by atoms with E-state index in [1.807, 2.05) is 54.6 Å². The number of rotatable bonds is 7. The van der Waals surface area contributed by atoms with Crippen molar-refractivity contribution in [2.45, 2.75) is 19.4 Å². The zero-order valence-electron chi connectivity index (χ0n) is 15.2. The highest BCUT2D eigenvalue weighted by Gasteiger charge is 2.17. The number of nitrogens with zero attached hydrogens (tertiary/aromatic N) is 4. The van der Waals surface area contributed by atoms with Crippen LogP contribution in [0, 0.1) is 0 Å². The summed E-state index contributed by atoms with van der Waals surface area (Å²) in [6.45, 7) is 0.407. The molecule has 4 rings (SSSR count). The fourth-order valence-corrected chi connectivity index (χ4v) is 2.80. The molecule has 1 N–H and O–H groups in total. The summed E-state index contributed by atoms with van der Waals surface area (Å²) in [6.07, 6.45) is 5.93. The first-order chi connectivity index (χ1) is 13.8. The van der Waals surface area contributed by atoms with Crippen molar-refractivity contribution in [2.24, 2.45) is 0 Å². The zero-order chi connectivity index (χ0) is 19.2. The Morgan fingerprint density at radius 2 is 1.96 bits per heavy atom. The predicted octanol–water partition coefficient (Wildman–Crippen LogP) is 3.82. The van der Waals surface area contributed by atoms with E-state index in [9.17, 15) is 4.79 Å². The van der Waals surface area contributed by atoms with Crippen LogP contribution in [-0.2, 0) is 13.0 Å². The molecule has 0 spiro atoms. The number of nitrogens with one attached hydrogen (secondary N) is 1. The number of anilines is 1. The number of carbonyl (C=O) groups is 1. The standard InChI is InChI=1S/C21H19N5O2/c27-19(11-10-16-6-2-1-3-7-16)26-21(23-15-18-9-5-13-28-18)24-20(25-26)17-8-4-12-22-14-17/h1-9,12-14H,10-11,15H2,(H,23,24,25). The highest BCUT2D eigenvalue weighted by atomic mass is 16.3. The second-order valence-corrected chi connectivity index (χ2v) is 6.22. The van der Waals surface area contributed by atoms with E-state index in [4.69, 9.17) is 4.42 Å². The fraction of sp³-hybridized carbons (Fsp3) is 0.143. The van der Waals surface area contributed by atoms with Gasteiger partial charge in [0.1, 0.15) is 5.76 Å². The maximum atomic E-state index is 12.8. The third kappa shape index (κ3) is 4.15. The molecule has 3 aromatic heterocycles. The smallest absolute Gasteiger partial charge is 0.250 e. The first kappa shape index (κ1) is 17.7. The number of pyridine rings is 1. The molecule has 140 valence electrons. The van der Waals surface area contributed by atoms with Gasteiger partial charge in [0, 0.05) is 24.4 Å². The van der Waals surface area contributed by atoms with Gasteiger partial charge in [0.05, 0.1) is 12.8 Å². The van der Waals surface area contributed by atoms with Crippen molar-refractivity contribution in [1.29, 1.82) is 0 Å². The Labute approximate surface area is 162 Å². The summed E-state index contributed by atoms with van der Waals surface area (Å²) >= 11 is 0. The number of aromatic nitrogens is 4. The van der Waals surface area contributed by atoms with E-state index in [0.717, 1.165) is 16.9 Å². The molecule has 0 unspecified atom stereocenters. The van der Waals surface area contributed by atoms with E-state index < -0.39 is 0 Å². The molecule has 0 saturated heterocycles. The van der Waals surface area contributed by atoms with E-state index in [2.05, 4.69) is 20.4 Å². The molecule has 0 bridgehead atoms. The van der Waals surface area contributed by atoms with Crippen LogP contribution in [-0.4, -0.2) is 25.7 Å². The molecular weight excluding hydrogens is 354 g/mol. The van der Waals surface area contributed by atoms with Gasteiger partial charge in [0.15, 0.2) is 5.82 Å². The molecule has 0 fully saturated rings. The van der Waals surface area contributed by atoms with Gasteiger partial charge in [-0.05, 0) is 36.2 Å². The monoisotopic (exact) mass is 373 g/mol. The second kappa shape index (κ2) is 8.30. The van der Waals surface area contributed by atoms with Gasteiger partial charge in [-0.2, -0.15) is 9.67 Å². The van der Waals surface area contributed by atoms with Gasteiger partial charge in [-0.3, -0.25) is 9.78 Å². The number of furan rings is 1. The minimum Gasteiger partial charge on any atom is -0.467 e. The molecule has 7 heteroatoms. The van der Waals surface area contributed by atoms with Crippen LogP contribution < -0.4 is 5.32 Å². The van der Waals surface area contributed by atoms with Crippen LogP contribution in [0.5, 0.6) is 0 Å². The van der Waals surface area contributed by atoms with Crippen LogP contribution in [0.4, 0.5) is 5.95 Å². The van der Waals surface area contributed by atoms with Gasteiger partial charge in [-0.1, -0.05) is 30.3 Å². The lowest BCUT2D eigenvalue weighted by molar-refractivity contribution is 0.0889. The van der Waals surface area contributed by atoms with Crippen LogP contribution in [0.1, 0.15) is 22.5 Å². The summed E-state index contributed by atoms with van der Waals surface area (Å²) < 4.78 is 6.67. The molecule has 0 aliphatic carbocycles. The molecule has 0 atom stereocenters. The second-order valence-electron chi connectivity index (χ2n) is 6.22. The Kier molecular flexibility index (Phi) is 5.24. The zero-order valence-corrected chi connectivity index (χ0v) is 15.2. The summed E-state index contributed by atoms with van der Waals surface area (Å²) in [5, 5.41) is 7.55. The molecule has 4 aromatic rings. The van der Waals surface area contributed by atoms with Gasteiger partial charge in [-0.25, -0.2) is 0 Å². The van der Waals surface area contributed by atoms with Gasteiger partial charge < -0.3 is 9.73 Å². The van der Waals surface area contributed by atoms with Gasteiger partial charge >= 0.3 is 0 Å². The van der Waals surface area contributed by atoms with Crippen LogP contribution in [0.2, 0.25) is 0 Å². The minimum atomic E-state index is -0.131. The summed E-state index contributed by atoms with van der Waals surface area (Å²) in [5.41, 5.74) is 1.85. The largest absolute Gasteiger partial charge is 0.467 e. The molecule has 0 saturated carbocycles. The molecule has 28 heavy (non-hydrogen) atoms. The maximum Gasteiger partial charge on any atom is 0.250 e. The molecule has 1 aromatic carbocycles. The van der Waals surface area contributed by atoms with Gasteiger partial charge in [0.25, 0.3) is 0 Å². The molecule has 7 nitrogen and oxygen atoms in total. The van der Waals surface area contributed by atoms with E-state index in [1.165, 1.54) is 4.68 Å². The number of hydrogen-bond acceptors (Lipinski definition) is 6. The van der Waals surface area contributed by atoms with E-state index >= 15 is 0 Å².